The van der Waals surface area contributed by atoms with Crippen LogP contribution in [0.25, 0.3) is 44.0 Å². The number of benzene rings is 8. The maximum Gasteiger partial charge on any atom is 0.0860 e. The molecule has 3 atom stereocenters. The Morgan fingerprint density at radius 3 is 1.96 bits per heavy atom. The van der Waals surface area contributed by atoms with Crippen LogP contribution < -0.4 is 32.1 Å². The second-order valence-corrected chi connectivity index (χ2v) is 14.1. The third-order valence-corrected chi connectivity index (χ3v) is 10.7. The number of anilines is 2. The van der Waals surface area contributed by atoms with E-state index < -0.39 is 6.17 Å². The molecule has 3 unspecified atom stereocenters. The topological polar surface area (TPSA) is 62.1 Å². The average molecular weight is 715 g/mol. The summed E-state index contributed by atoms with van der Waals surface area (Å²) < 4.78 is 0. The second-order valence-electron chi connectivity index (χ2n) is 14.1. The van der Waals surface area contributed by atoms with Gasteiger partial charge in [0.2, 0.25) is 0 Å². The molecule has 55 heavy (non-hydrogen) atoms. The van der Waals surface area contributed by atoms with Crippen LogP contribution in [0.1, 0.15) is 54.5 Å². The summed E-state index contributed by atoms with van der Waals surface area (Å²) in [5.41, 5.74) is 14.7. The fraction of sp³-hybridized carbons (Fsp3) is 0.0980. The predicted molar refractivity (Wildman–Crippen MR) is 234 cm³/mol. The summed E-state index contributed by atoms with van der Waals surface area (Å²) in [5, 5.41) is 21.1. The third kappa shape index (κ3) is 7.31. The predicted octanol–water partition coefficient (Wildman–Crippen LogP) is 10.7. The third-order valence-electron chi connectivity index (χ3n) is 10.7. The normalized spacial score (nSPS) is 14.1. The van der Waals surface area contributed by atoms with Crippen molar-refractivity contribution >= 4 is 55.3 Å². The molecule has 5 N–H and O–H groups in total. The summed E-state index contributed by atoms with van der Waals surface area (Å²) in [4.78, 5) is 0. The molecule has 0 aliphatic carbocycles. The van der Waals surface area contributed by atoms with Crippen molar-refractivity contribution in [3.63, 3.8) is 0 Å². The summed E-state index contributed by atoms with van der Waals surface area (Å²) in [6, 6.07) is 60.0. The molecule has 0 amide bonds. The lowest BCUT2D eigenvalue weighted by Crippen LogP contribution is -2.41. The van der Waals surface area contributed by atoms with Crippen LogP contribution in [-0.2, 0) is 0 Å². The SMILES string of the molecule is C=C/C=c1/cccc/c1=C(/C)c1c(Nc2ccc(C(NC(C)c3cccc4ccccc34)NC(N)c3ccccc3)c3ccccc23)ccc2ccccc12. The Balaban J connectivity index is 1.24. The molecule has 0 radical (unpaired) electrons. The highest BCUT2D eigenvalue weighted by Gasteiger charge is 2.23. The van der Waals surface area contributed by atoms with Crippen LogP contribution in [0.4, 0.5) is 11.4 Å². The molecule has 0 aromatic heterocycles. The van der Waals surface area contributed by atoms with Crippen molar-refractivity contribution in [3.8, 4) is 0 Å². The van der Waals surface area contributed by atoms with Gasteiger partial charge in [0.25, 0.3) is 0 Å². The van der Waals surface area contributed by atoms with E-state index in [4.69, 9.17) is 5.73 Å². The van der Waals surface area contributed by atoms with Crippen molar-refractivity contribution in [2.24, 2.45) is 5.73 Å². The number of hydrogen-bond donors (Lipinski definition) is 4. The van der Waals surface area contributed by atoms with Crippen LogP contribution >= 0.6 is 0 Å². The molecule has 0 aliphatic heterocycles. The van der Waals surface area contributed by atoms with Crippen molar-refractivity contribution in [3.05, 3.63) is 215 Å². The summed E-state index contributed by atoms with van der Waals surface area (Å²) in [7, 11) is 0. The van der Waals surface area contributed by atoms with Crippen LogP contribution in [0, 0.1) is 0 Å². The number of rotatable bonds is 11. The molecule has 0 saturated carbocycles. The van der Waals surface area contributed by atoms with E-state index >= 15 is 0 Å². The molecule has 0 saturated heterocycles. The summed E-state index contributed by atoms with van der Waals surface area (Å²) >= 11 is 0. The molecule has 4 heteroatoms. The first-order valence-corrected chi connectivity index (χ1v) is 19.0. The van der Waals surface area contributed by atoms with Gasteiger partial charge in [-0.2, -0.15) is 0 Å². The second kappa shape index (κ2) is 16.0. The zero-order chi connectivity index (χ0) is 37.7. The van der Waals surface area contributed by atoms with Crippen molar-refractivity contribution in [2.75, 3.05) is 5.32 Å². The Morgan fingerprint density at radius 2 is 1.18 bits per heavy atom. The first-order valence-electron chi connectivity index (χ1n) is 19.0. The van der Waals surface area contributed by atoms with E-state index in [1.54, 1.807) is 0 Å². The molecule has 4 nitrogen and oxygen atoms in total. The molecular weight excluding hydrogens is 669 g/mol. The van der Waals surface area contributed by atoms with E-state index in [0.29, 0.717) is 0 Å². The van der Waals surface area contributed by atoms with Crippen molar-refractivity contribution in [1.29, 1.82) is 0 Å². The van der Waals surface area contributed by atoms with E-state index in [1.807, 2.05) is 24.3 Å². The highest BCUT2D eigenvalue weighted by molar-refractivity contribution is 6.03. The molecule has 8 aromatic rings. The number of hydrogen-bond acceptors (Lipinski definition) is 4. The molecule has 0 spiro atoms. The minimum absolute atomic E-state index is 0.0167. The largest absolute Gasteiger partial charge is 0.355 e. The Hall–Kier alpha value is -6.30. The molecular formula is C51H46N4. The van der Waals surface area contributed by atoms with Gasteiger partial charge in [0.15, 0.2) is 0 Å². The lowest BCUT2D eigenvalue weighted by molar-refractivity contribution is 0.359. The number of allylic oxidation sites excluding steroid dienone is 1. The minimum Gasteiger partial charge on any atom is -0.355 e. The number of nitrogens with one attached hydrogen (secondary N) is 3. The highest BCUT2D eigenvalue weighted by Crippen LogP contribution is 2.37. The Kier molecular flexibility index (Phi) is 10.4. The van der Waals surface area contributed by atoms with Gasteiger partial charge in [-0.15, -0.1) is 0 Å². The standard InChI is InChI=1S/C51H46N4/c1-4-17-36-18-8-11-24-40(36)34(2)49-43-26-13-10-20-38(43)30-32-48(49)54-47-33-31-46(44-27-14-15-28-45(44)47)51(55-50(52)39-21-6-5-7-22-39)53-35(3)41-29-16-23-37-19-9-12-25-42(37)41/h4-33,35,50-51,53-55H,1,52H2,2-3H3/b36-17-,40-34+. The minimum atomic E-state index is -0.394. The zero-order valence-electron chi connectivity index (χ0n) is 31.3. The fourth-order valence-corrected chi connectivity index (χ4v) is 7.99. The first-order chi connectivity index (χ1) is 27.0. The van der Waals surface area contributed by atoms with Crippen molar-refractivity contribution in [1.82, 2.24) is 10.6 Å². The van der Waals surface area contributed by atoms with Crippen molar-refractivity contribution < 1.29 is 0 Å². The lowest BCUT2D eigenvalue weighted by atomic mass is 9.94. The summed E-state index contributed by atoms with van der Waals surface area (Å²) in [5.74, 6) is 0. The zero-order valence-corrected chi connectivity index (χ0v) is 31.3. The van der Waals surface area contributed by atoms with Gasteiger partial charge in [0.05, 0.1) is 12.3 Å². The van der Waals surface area contributed by atoms with Gasteiger partial charge in [-0.05, 0) is 85.6 Å². The molecule has 270 valence electrons. The van der Waals surface area contributed by atoms with Gasteiger partial charge in [-0.3, -0.25) is 10.6 Å². The molecule has 8 rings (SSSR count). The molecule has 8 aromatic carbocycles. The Bertz CT molecular complexity index is 2760. The number of fused-ring (bicyclic) bond motifs is 3. The van der Waals surface area contributed by atoms with E-state index in [-0.39, 0.29) is 12.2 Å². The summed E-state index contributed by atoms with van der Waals surface area (Å²) in [6.45, 7) is 8.43. The average Bonchev–Trinajstić information content (AvgIpc) is 3.23. The van der Waals surface area contributed by atoms with Crippen LogP contribution in [0.3, 0.4) is 0 Å². The number of nitrogens with two attached hydrogens (primary N) is 1. The van der Waals surface area contributed by atoms with Crippen LogP contribution in [-0.4, -0.2) is 0 Å². The van der Waals surface area contributed by atoms with E-state index in [0.717, 1.165) is 38.5 Å². The van der Waals surface area contributed by atoms with Gasteiger partial charge in [0.1, 0.15) is 0 Å². The van der Waals surface area contributed by atoms with Crippen LogP contribution in [0.5, 0.6) is 0 Å². The maximum atomic E-state index is 6.91. The highest BCUT2D eigenvalue weighted by atomic mass is 15.2. The lowest BCUT2D eigenvalue weighted by Gasteiger charge is -2.30. The smallest absolute Gasteiger partial charge is 0.0860 e. The van der Waals surface area contributed by atoms with Gasteiger partial charge >= 0.3 is 0 Å². The Labute approximate surface area is 323 Å². The van der Waals surface area contributed by atoms with Gasteiger partial charge in [-0.25, -0.2) is 0 Å². The monoisotopic (exact) mass is 714 g/mol. The van der Waals surface area contributed by atoms with Crippen molar-refractivity contribution in [2.45, 2.75) is 32.2 Å². The van der Waals surface area contributed by atoms with E-state index in [9.17, 15) is 0 Å². The van der Waals surface area contributed by atoms with E-state index in [1.165, 1.54) is 43.5 Å². The molecule has 0 bridgehead atoms. The fourth-order valence-electron chi connectivity index (χ4n) is 7.99. The van der Waals surface area contributed by atoms with Gasteiger partial charge in [-0.1, -0.05) is 176 Å². The van der Waals surface area contributed by atoms with Gasteiger partial charge < -0.3 is 11.1 Å². The van der Waals surface area contributed by atoms with E-state index in [2.05, 4.69) is 194 Å². The first kappa shape index (κ1) is 35.7. The van der Waals surface area contributed by atoms with Crippen LogP contribution in [0.15, 0.2) is 183 Å². The Morgan fingerprint density at radius 1 is 0.564 bits per heavy atom. The molecule has 0 aliphatic rings. The molecule has 0 heterocycles. The quantitative estimate of drug-likeness (QED) is 0.101. The maximum absolute atomic E-state index is 6.91. The van der Waals surface area contributed by atoms with Crippen LogP contribution in [0.2, 0.25) is 0 Å². The van der Waals surface area contributed by atoms with Gasteiger partial charge in [0, 0.05) is 28.4 Å². The molecule has 0 fully saturated rings. The summed E-state index contributed by atoms with van der Waals surface area (Å²) in [6.07, 6.45) is 3.27.